The highest BCUT2D eigenvalue weighted by Gasteiger charge is 2.43. The Labute approximate surface area is 196 Å². The summed E-state index contributed by atoms with van der Waals surface area (Å²) in [5.41, 5.74) is 1.09. The molecule has 1 saturated carbocycles. The normalized spacial score (nSPS) is 23.3. The fourth-order valence-corrected chi connectivity index (χ4v) is 5.78. The highest BCUT2D eigenvalue weighted by molar-refractivity contribution is 5.82. The zero-order chi connectivity index (χ0) is 23.9. The molecular formula is C26H29F4N3O. The molecule has 2 atom stereocenters. The maximum absolute atomic E-state index is 14.5. The molecule has 0 unspecified atom stereocenters. The summed E-state index contributed by atoms with van der Waals surface area (Å²) in [7, 11) is 0. The van der Waals surface area contributed by atoms with Gasteiger partial charge >= 0.3 is 6.18 Å². The lowest BCUT2D eigenvalue weighted by Crippen LogP contribution is -2.62. The third-order valence-electron chi connectivity index (χ3n) is 7.52. The lowest BCUT2D eigenvalue weighted by molar-refractivity contribution is -0.137. The van der Waals surface area contributed by atoms with E-state index in [9.17, 15) is 22.4 Å². The largest absolute Gasteiger partial charge is 0.416 e. The number of piperazine rings is 1. The van der Waals surface area contributed by atoms with Gasteiger partial charge in [-0.3, -0.25) is 4.79 Å². The highest BCUT2D eigenvalue weighted by Crippen LogP contribution is 2.40. The fraction of sp³-hybridized carbons (Fsp3) is 0.500. The van der Waals surface area contributed by atoms with Crippen LogP contribution < -0.4 is 15.1 Å². The third kappa shape index (κ3) is 4.46. The van der Waals surface area contributed by atoms with Crippen molar-refractivity contribution in [2.75, 3.05) is 29.4 Å². The molecule has 5 rings (SSSR count). The number of carbonyl (C=O) groups is 1. The Morgan fingerprint density at radius 1 is 0.971 bits per heavy atom. The summed E-state index contributed by atoms with van der Waals surface area (Å²) < 4.78 is 54.7. The average Bonchev–Trinajstić information content (AvgIpc) is 2.83. The molecule has 0 aromatic heterocycles. The molecule has 0 radical (unpaired) electrons. The number of nitrogens with zero attached hydrogens (tertiary/aromatic N) is 2. The molecule has 1 amide bonds. The quantitative estimate of drug-likeness (QED) is 0.623. The number of benzene rings is 2. The summed E-state index contributed by atoms with van der Waals surface area (Å²) in [6.07, 6.45) is 0.983. The van der Waals surface area contributed by atoms with E-state index in [1.54, 1.807) is 18.2 Å². The molecule has 34 heavy (non-hydrogen) atoms. The van der Waals surface area contributed by atoms with Crippen molar-refractivity contribution in [2.45, 2.75) is 56.8 Å². The smallest absolute Gasteiger partial charge is 0.365 e. The van der Waals surface area contributed by atoms with Crippen LogP contribution in [0, 0.1) is 11.7 Å². The number of hydrogen-bond acceptors (Lipinski definition) is 3. The maximum atomic E-state index is 14.5. The number of alkyl halides is 3. The minimum Gasteiger partial charge on any atom is -0.365 e. The second-order valence-corrected chi connectivity index (χ2v) is 9.65. The Balaban J connectivity index is 1.46. The van der Waals surface area contributed by atoms with Crippen molar-refractivity contribution in [3.63, 3.8) is 0 Å². The number of nitrogens with one attached hydrogen (secondary N) is 1. The lowest BCUT2D eigenvalue weighted by atomic mass is 9.82. The van der Waals surface area contributed by atoms with E-state index in [2.05, 4.69) is 10.2 Å². The molecule has 8 heteroatoms. The second kappa shape index (κ2) is 9.12. The predicted molar refractivity (Wildman–Crippen MR) is 123 cm³/mol. The van der Waals surface area contributed by atoms with E-state index in [1.807, 2.05) is 4.90 Å². The average molecular weight is 476 g/mol. The second-order valence-electron chi connectivity index (χ2n) is 9.65. The lowest BCUT2D eigenvalue weighted by Gasteiger charge is -2.50. The van der Waals surface area contributed by atoms with Gasteiger partial charge in [-0.05, 0) is 55.2 Å². The van der Waals surface area contributed by atoms with Crippen molar-refractivity contribution >= 4 is 17.3 Å². The number of rotatable bonds is 3. The molecule has 3 aliphatic rings. The van der Waals surface area contributed by atoms with Crippen molar-refractivity contribution in [1.29, 1.82) is 0 Å². The number of hydrogen-bond donors (Lipinski definition) is 1. The van der Waals surface area contributed by atoms with Crippen LogP contribution in [0.1, 0.15) is 43.2 Å². The Kier molecular flexibility index (Phi) is 6.16. The van der Waals surface area contributed by atoms with Gasteiger partial charge < -0.3 is 15.1 Å². The zero-order valence-electron chi connectivity index (χ0n) is 19.0. The molecule has 2 aliphatic heterocycles. The molecule has 1 aliphatic carbocycles. The van der Waals surface area contributed by atoms with E-state index in [-0.39, 0.29) is 30.2 Å². The van der Waals surface area contributed by atoms with Crippen molar-refractivity contribution < 1.29 is 22.4 Å². The number of amides is 1. The number of anilines is 2. The van der Waals surface area contributed by atoms with Gasteiger partial charge in [-0.1, -0.05) is 31.4 Å². The highest BCUT2D eigenvalue weighted by atomic mass is 19.4. The van der Waals surface area contributed by atoms with E-state index in [1.165, 1.54) is 18.2 Å². The molecule has 4 nitrogen and oxygen atoms in total. The zero-order valence-corrected chi connectivity index (χ0v) is 19.0. The molecule has 2 aromatic rings. The summed E-state index contributed by atoms with van der Waals surface area (Å²) in [5, 5.41) is 3.18. The van der Waals surface area contributed by atoms with Crippen LogP contribution in [0.15, 0.2) is 42.5 Å². The molecule has 0 spiro atoms. The first-order valence-electron chi connectivity index (χ1n) is 12.1. The van der Waals surface area contributed by atoms with E-state index >= 15 is 0 Å². The van der Waals surface area contributed by atoms with Crippen LogP contribution in [0.2, 0.25) is 0 Å². The van der Waals surface area contributed by atoms with E-state index in [0.29, 0.717) is 30.9 Å². The van der Waals surface area contributed by atoms with E-state index in [4.69, 9.17) is 0 Å². The maximum Gasteiger partial charge on any atom is 0.416 e. The van der Waals surface area contributed by atoms with E-state index in [0.717, 1.165) is 43.9 Å². The van der Waals surface area contributed by atoms with Gasteiger partial charge in [0.1, 0.15) is 5.82 Å². The first kappa shape index (κ1) is 23.0. The standard InChI is InChI=1S/C26H29F4N3O/c27-21-8-4-5-9-23(21)32-12-13-33-22-11-10-18(26(28,29)30)14-17(22)15-20(24(33)16-32)25(34)31-19-6-2-1-3-7-19/h4-5,8-11,14,19-20,24H,1-3,6-7,12-13,15-16H2,(H,31,34)/t20-,24+/m1/s1. The number of carbonyl (C=O) groups excluding carboxylic acids is 1. The SMILES string of the molecule is O=C(NC1CCCCC1)[C@@H]1Cc2cc(C(F)(F)F)ccc2N2CCN(c3ccccc3F)C[C@@H]12. The first-order valence-corrected chi connectivity index (χ1v) is 12.1. The Hall–Kier alpha value is -2.77. The summed E-state index contributed by atoms with van der Waals surface area (Å²) in [6, 6.07) is 10.3. The van der Waals surface area contributed by atoms with Gasteiger partial charge in [-0.2, -0.15) is 13.2 Å². The van der Waals surface area contributed by atoms with Crippen LogP contribution in [0.25, 0.3) is 0 Å². The number of para-hydroxylation sites is 1. The molecule has 2 fully saturated rings. The summed E-state index contributed by atoms with van der Waals surface area (Å²) in [4.78, 5) is 17.5. The molecule has 2 aromatic carbocycles. The Morgan fingerprint density at radius 3 is 2.47 bits per heavy atom. The van der Waals surface area contributed by atoms with Crippen molar-refractivity contribution in [2.24, 2.45) is 5.92 Å². The Bertz CT molecular complexity index is 1050. The van der Waals surface area contributed by atoms with Crippen LogP contribution in [-0.2, 0) is 17.4 Å². The minimum atomic E-state index is -4.44. The molecular weight excluding hydrogens is 446 g/mol. The Morgan fingerprint density at radius 2 is 1.74 bits per heavy atom. The van der Waals surface area contributed by atoms with Crippen LogP contribution >= 0.6 is 0 Å². The predicted octanol–water partition coefficient (Wildman–Crippen LogP) is 5.16. The fourth-order valence-electron chi connectivity index (χ4n) is 5.78. The molecule has 0 bridgehead atoms. The van der Waals surface area contributed by atoms with Gasteiger partial charge in [0, 0.05) is 31.4 Å². The van der Waals surface area contributed by atoms with E-state index < -0.39 is 17.7 Å². The molecule has 2 heterocycles. The number of halogens is 4. The monoisotopic (exact) mass is 475 g/mol. The van der Waals surface area contributed by atoms with Gasteiger partial charge in [0.25, 0.3) is 0 Å². The number of fused-ring (bicyclic) bond motifs is 3. The van der Waals surface area contributed by atoms with Gasteiger partial charge in [-0.25, -0.2) is 4.39 Å². The van der Waals surface area contributed by atoms with Crippen LogP contribution in [0.3, 0.4) is 0 Å². The van der Waals surface area contributed by atoms with Gasteiger partial charge in [-0.15, -0.1) is 0 Å². The van der Waals surface area contributed by atoms with Gasteiger partial charge in [0.15, 0.2) is 0 Å². The van der Waals surface area contributed by atoms with Gasteiger partial charge in [0.05, 0.1) is 23.2 Å². The van der Waals surface area contributed by atoms with Crippen molar-refractivity contribution in [3.05, 3.63) is 59.4 Å². The molecule has 1 N–H and O–H groups in total. The summed E-state index contributed by atoms with van der Waals surface area (Å²) in [5.74, 6) is -0.932. The third-order valence-corrected chi connectivity index (χ3v) is 7.52. The van der Waals surface area contributed by atoms with Crippen molar-refractivity contribution in [3.8, 4) is 0 Å². The van der Waals surface area contributed by atoms with Crippen molar-refractivity contribution in [1.82, 2.24) is 5.32 Å². The summed E-state index contributed by atoms with van der Waals surface area (Å²) >= 11 is 0. The first-order chi connectivity index (χ1) is 16.3. The topological polar surface area (TPSA) is 35.6 Å². The molecule has 1 saturated heterocycles. The molecule has 182 valence electrons. The van der Waals surface area contributed by atoms with Crippen LogP contribution in [-0.4, -0.2) is 37.6 Å². The van der Waals surface area contributed by atoms with Gasteiger partial charge in [0.2, 0.25) is 5.91 Å². The van der Waals surface area contributed by atoms with Crippen LogP contribution in [0.4, 0.5) is 28.9 Å². The minimum absolute atomic E-state index is 0.111. The summed E-state index contributed by atoms with van der Waals surface area (Å²) in [6.45, 7) is 1.46. The van der Waals surface area contributed by atoms with Crippen LogP contribution in [0.5, 0.6) is 0 Å².